The number of anilines is 4. The lowest BCUT2D eigenvalue weighted by Crippen LogP contribution is -2.27. The van der Waals surface area contributed by atoms with Gasteiger partial charge in [0.05, 0.1) is 22.0 Å². The van der Waals surface area contributed by atoms with Crippen molar-refractivity contribution < 1.29 is 40.3 Å². The number of benzene rings is 6. The third kappa shape index (κ3) is 9.11. The van der Waals surface area contributed by atoms with Crippen LogP contribution in [0.15, 0.2) is 146 Å². The van der Waals surface area contributed by atoms with E-state index in [9.17, 15) is 40.3 Å². The number of hydrogen-bond acceptors (Lipinski definition) is 12. The maximum absolute atomic E-state index is 13.5. The highest BCUT2D eigenvalue weighted by molar-refractivity contribution is 7.91. The van der Waals surface area contributed by atoms with E-state index in [1.54, 1.807) is 79.7 Å². The molecule has 0 bridgehead atoms. The lowest BCUT2D eigenvalue weighted by atomic mass is 9.94. The van der Waals surface area contributed by atoms with Gasteiger partial charge in [-0.25, -0.2) is 0 Å². The van der Waals surface area contributed by atoms with Crippen molar-refractivity contribution in [2.45, 2.75) is 11.8 Å². The maximum atomic E-state index is 13.5. The number of allylic oxidation sites excluding steroid dienone is 1. The Hall–Kier alpha value is -7.38. The van der Waals surface area contributed by atoms with Crippen molar-refractivity contribution in [3.05, 3.63) is 154 Å². The minimum Gasteiger partial charge on any atom is -0.399 e. The van der Waals surface area contributed by atoms with E-state index in [4.69, 9.17) is 5.73 Å². The number of ketones is 1. The molecule has 0 atom stereocenters. The molecule has 0 spiro atoms. The molecule has 0 radical (unpaired) electrons. The van der Waals surface area contributed by atoms with Crippen LogP contribution >= 0.6 is 0 Å². The van der Waals surface area contributed by atoms with Crippen LogP contribution in [0.1, 0.15) is 42.2 Å². The maximum Gasteiger partial charge on any atom is 0.296 e. The molecular weight excluding hydrogens is 799 g/mol. The quantitative estimate of drug-likeness (QED) is 0.0336. The number of nitrogens with two attached hydrogens (primary N) is 1. The monoisotopic (exact) mass is 829 g/mol. The van der Waals surface area contributed by atoms with Crippen molar-refractivity contribution in [2.75, 3.05) is 21.8 Å². The summed E-state index contributed by atoms with van der Waals surface area (Å²) in [5, 5.41) is 19.2. The van der Waals surface area contributed by atoms with Crippen LogP contribution in [0.4, 0.5) is 34.1 Å². The SMILES string of the molecule is Cc1cc(NC(=O)c2ccc(NC(=O)c3ccc(N)cc3)cc2)ccc1N=Nc1ccc2c(c1)C=C(S(=O)(=O)O)/C(=N/Nc1ccc3cc(S(=O)(=O)O)ccc3c1)C2=O. The van der Waals surface area contributed by atoms with E-state index in [0.29, 0.717) is 55.9 Å². The fourth-order valence-corrected chi connectivity index (χ4v) is 7.14. The van der Waals surface area contributed by atoms with Crippen molar-refractivity contribution in [3.8, 4) is 0 Å². The first-order chi connectivity index (χ1) is 28.0. The molecular formula is C41H31N7O9S2. The van der Waals surface area contributed by atoms with Gasteiger partial charge in [-0.1, -0.05) is 12.1 Å². The minimum absolute atomic E-state index is 0.0852. The summed E-state index contributed by atoms with van der Waals surface area (Å²) < 4.78 is 67.2. The molecule has 0 saturated carbocycles. The van der Waals surface area contributed by atoms with Crippen molar-refractivity contribution >= 4 is 94.5 Å². The first-order valence-corrected chi connectivity index (χ1v) is 20.2. The van der Waals surface area contributed by atoms with E-state index in [1.807, 2.05) is 0 Å². The fourth-order valence-electron chi connectivity index (χ4n) is 5.97. The molecule has 59 heavy (non-hydrogen) atoms. The molecule has 2 amide bonds. The normalized spacial score (nSPS) is 13.6. The van der Waals surface area contributed by atoms with Crippen LogP contribution in [-0.4, -0.2) is 49.3 Å². The molecule has 7 rings (SSSR count). The summed E-state index contributed by atoms with van der Waals surface area (Å²) >= 11 is 0. The average Bonchev–Trinajstić information content (AvgIpc) is 3.19. The zero-order chi connectivity index (χ0) is 42.1. The number of amides is 2. The zero-order valence-corrected chi connectivity index (χ0v) is 32.2. The Labute approximate surface area is 336 Å². The van der Waals surface area contributed by atoms with Gasteiger partial charge in [0.1, 0.15) is 4.91 Å². The van der Waals surface area contributed by atoms with E-state index in [2.05, 4.69) is 31.4 Å². The number of nitrogens with zero attached hydrogens (tertiary/aromatic N) is 3. The Balaban J connectivity index is 1.03. The molecule has 7 N–H and O–H groups in total. The van der Waals surface area contributed by atoms with Gasteiger partial charge in [0.25, 0.3) is 32.1 Å². The van der Waals surface area contributed by atoms with Gasteiger partial charge in [0, 0.05) is 33.8 Å². The van der Waals surface area contributed by atoms with Crippen LogP contribution < -0.4 is 21.8 Å². The molecule has 6 aromatic carbocycles. The van der Waals surface area contributed by atoms with E-state index >= 15 is 0 Å². The van der Waals surface area contributed by atoms with Crippen LogP contribution in [0, 0.1) is 6.92 Å². The molecule has 0 saturated heterocycles. The van der Waals surface area contributed by atoms with Crippen LogP contribution in [-0.2, 0) is 20.2 Å². The first kappa shape index (κ1) is 39.8. The number of azo groups is 1. The number of nitrogen functional groups attached to an aromatic ring is 1. The number of carbonyl (C=O) groups is 3. The minimum atomic E-state index is -4.94. The van der Waals surface area contributed by atoms with Gasteiger partial charge < -0.3 is 16.4 Å². The van der Waals surface area contributed by atoms with Gasteiger partial charge in [-0.05, 0) is 144 Å². The predicted octanol–water partition coefficient (Wildman–Crippen LogP) is 7.79. The van der Waals surface area contributed by atoms with Crippen LogP contribution in [0.3, 0.4) is 0 Å². The summed E-state index contributed by atoms with van der Waals surface area (Å²) in [4.78, 5) is 37.9. The second-order valence-electron chi connectivity index (χ2n) is 13.2. The third-order valence-corrected chi connectivity index (χ3v) is 10.7. The van der Waals surface area contributed by atoms with Gasteiger partial charge >= 0.3 is 0 Å². The molecule has 1 aliphatic rings. The molecule has 0 unspecified atom stereocenters. The zero-order valence-electron chi connectivity index (χ0n) is 30.6. The topological polar surface area (TPSA) is 259 Å². The predicted molar refractivity (Wildman–Crippen MR) is 224 cm³/mol. The molecule has 1 aliphatic carbocycles. The Morgan fingerprint density at radius 2 is 1.25 bits per heavy atom. The standard InChI is InChI=1S/C41H31N7O9S2/c1-23-18-31(44-41(51)25-4-10-30(11-5-25)43-40(50)24-2-8-29(42)9-3-24)14-17-36(23)47-45-33-13-16-35-28(20-33)22-37(59(55,56)57)38(39(35)49)48-46-32-12-6-27-21-34(58(52,53)54)15-7-26(27)19-32/h2-22,46H,42H2,1H3,(H,43,50)(H,44,51)(H,52,53,54)(H,55,56,57)/b47-45?,48-38-. The van der Waals surface area contributed by atoms with Crippen LogP contribution in [0.25, 0.3) is 16.8 Å². The molecule has 296 valence electrons. The molecule has 6 aromatic rings. The Bertz CT molecular complexity index is 3040. The second kappa shape index (κ2) is 15.9. The highest BCUT2D eigenvalue weighted by atomic mass is 32.2. The number of nitrogens with one attached hydrogen (secondary N) is 3. The summed E-state index contributed by atoms with van der Waals surface area (Å²) in [6, 6.07) is 30.7. The van der Waals surface area contributed by atoms with Crippen LogP contribution in [0.5, 0.6) is 0 Å². The van der Waals surface area contributed by atoms with E-state index in [0.717, 1.165) is 6.08 Å². The van der Waals surface area contributed by atoms with Crippen molar-refractivity contribution in [1.29, 1.82) is 0 Å². The highest BCUT2D eigenvalue weighted by Crippen LogP contribution is 2.31. The molecule has 0 aromatic heterocycles. The number of hydrogen-bond donors (Lipinski definition) is 6. The van der Waals surface area contributed by atoms with E-state index in [-0.39, 0.29) is 33.5 Å². The largest absolute Gasteiger partial charge is 0.399 e. The molecule has 0 aliphatic heterocycles. The lowest BCUT2D eigenvalue weighted by molar-refractivity contribution is 0.102. The molecule has 0 heterocycles. The molecule has 0 fully saturated rings. The second-order valence-corrected chi connectivity index (χ2v) is 16.0. The van der Waals surface area contributed by atoms with Crippen molar-refractivity contribution in [2.24, 2.45) is 15.3 Å². The number of rotatable bonds is 10. The van der Waals surface area contributed by atoms with Crippen LogP contribution in [0.2, 0.25) is 0 Å². The summed E-state index contributed by atoms with van der Waals surface area (Å²) in [7, 11) is -9.36. The number of aryl methyl sites for hydroxylation is 1. The Morgan fingerprint density at radius 1 is 0.644 bits per heavy atom. The van der Waals surface area contributed by atoms with E-state index in [1.165, 1.54) is 48.5 Å². The number of fused-ring (bicyclic) bond motifs is 2. The molecule has 18 heteroatoms. The number of hydrazone groups is 1. The average molecular weight is 830 g/mol. The summed E-state index contributed by atoms with van der Waals surface area (Å²) in [6.45, 7) is 1.77. The smallest absolute Gasteiger partial charge is 0.296 e. The first-order valence-electron chi connectivity index (χ1n) is 17.4. The Morgan fingerprint density at radius 3 is 1.92 bits per heavy atom. The summed E-state index contributed by atoms with van der Waals surface area (Å²) in [6.07, 6.45) is 1.09. The summed E-state index contributed by atoms with van der Waals surface area (Å²) in [5.74, 6) is -1.50. The van der Waals surface area contributed by atoms with Gasteiger partial charge in [-0.15, -0.1) is 0 Å². The van der Waals surface area contributed by atoms with Crippen molar-refractivity contribution in [1.82, 2.24) is 0 Å². The lowest BCUT2D eigenvalue weighted by Gasteiger charge is -2.16. The van der Waals surface area contributed by atoms with Gasteiger partial charge in [0.2, 0.25) is 5.78 Å². The van der Waals surface area contributed by atoms with Gasteiger partial charge in [-0.3, -0.25) is 28.9 Å². The Kier molecular flexibility index (Phi) is 10.7. The van der Waals surface area contributed by atoms with Gasteiger partial charge in [-0.2, -0.15) is 32.2 Å². The number of carbonyl (C=O) groups excluding carboxylic acids is 3. The fraction of sp³-hybridized carbons (Fsp3) is 0.0244. The third-order valence-electron chi connectivity index (χ3n) is 9.00. The van der Waals surface area contributed by atoms with Crippen molar-refractivity contribution in [3.63, 3.8) is 0 Å². The molecule has 16 nitrogen and oxygen atoms in total. The van der Waals surface area contributed by atoms with E-state index < -0.39 is 36.6 Å². The number of Topliss-reactive ketones (excluding diaryl/α,β-unsaturated/α-hetero) is 1. The highest BCUT2D eigenvalue weighted by Gasteiger charge is 2.33. The van der Waals surface area contributed by atoms with Gasteiger partial charge in [0.15, 0.2) is 5.71 Å². The summed E-state index contributed by atoms with van der Waals surface area (Å²) in [5.41, 5.74) is 12.0.